The number of hydrogen-bond donors (Lipinski definition) is 1. The van der Waals surface area contributed by atoms with Gasteiger partial charge in [-0.2, -0.15) is 0 Å². The number of ether oxygens (including phenoxy) is 1. The molecule has 1 amide bonds. The standard InChI is InChI=1S/C16H19NO4/c1-12-3-4-14(11-13(12)5-6-15(18)19)16(20)17-7-2-9-21-10-8-17/h3-6,11H,2,7-10H2,1H3,(H,18,19)/b6-5+. The van der Waals surface area contributed by atoms with E-state index in [1.165, 1.54) is 6.08 Å². The van der Waals surface area contributed by atoms with Crippen molar-refractivity contribution in [1.29, 1.82) is 0 Å². The molecule has 112 valence electrons. The quantitative estimate of drug-likeness (QED) is 0.864. The number of benzene rings is 1. The number of carboxylic acid groups (broad SMARTS) is 1. The van der Waals surface area contributed by atoms with Crippen molar-refractivity contribution in [3.63, 3.8) is 0 Å². The number of carbonyl (C=O) groups is 2. The Hall–Kier alpha value is -2.14. The maximum atomic E-state index is 12.5. The SMILES string of the molecule is Cc1ccc(C(=O)N2CCCOCC2)cc1/C=C/C(=O)O. The van der Waals surface area contributed by atoms with E-state index < -0.39 is 5.97 Å². The highest BCUT2D eigenvalue weighted by atomic mass is 16.5. The molecule has 5 heteroatoms. The van der Waals surface area contributed by atoms with E-state index in [9.17, 15) is 9.59 Å². The van der Waals surface area contributed by atoms with Gasteiger partial charge in [0.1, 0.15) is 0 Å². The second-order valence-corrected chi connectivity index (χ2v) is 5.00. The van der Waals surface area contributed by atoms with Crippen molar-refractivity contribution in [2.24, 2.45) is 0 Å². The maximum Gasteiger partial charge on any atom is 0.328 e. The molecule has 1 fully saturated rings. The molecule has 0 unspecified atom stereocenters. The summed E-state index contributed by atoms with van der Waals surface area (Å²) < 4.78 is 5.35. The van der Waals surface area contributed by atoms with Crippen LogP contribution in [0.5, 0.6) is 0 Å². The number of nitrogens with zero attached hydrogens (tertiary/aromatic N) is 1. The highest BCUT2D eigenvalue weighted by Gasteiger charge is 2.17. The molecule has 2 rings (SSSR count). The summed E-state index contributed by atoms with van der Waals surface area (Å²) in [5.74, 6) is -1.04. The lowest BCUT2D eigenvalue weighted by atomic mass is 10.0. The van der Waals surface area contributed by atoms with Gasteiger partial charge in [0, 0.05) is 31.3 Å². The third kappa shape index (κ3) is 4.16. The average molecular weight is 289 g/mol. The molecule has 1 N–H and O–H groups in total. The van der Waals surface area contributed by atoms with E-state index in [0.717, 1.165) is 23.6 Å². The smallest absolute Gasteiger partial charge is 0.328 e. The molecular formula is C16H19NO4. The fourth-order valence-corrected chi connectivity index (χ4v) is 2.25. The first-order valence-corrected chi connectivity index (χ1v) is 6.96. The summed E-state index contributed by atoms with van der Waals surface area (Å²) in [6.45, 7) is 4.41. The Balaban J connectivity index is 2.20. The summed E-state index contributed by atoms with van der Waals surface area (Å²) in [6, 6.07) is 5.35. The Morgan fingerprint density at radius 3 is 2.86 bits per heavy atom. The fourth-order valence-electron chi connectivity index (χ4n) is 2.25. The van der Waals surface area contributed by atoms with E-state index in [2.05, 4.69) is 0 Å². The van der Waals surface area contributed by atoms with Crippen LogP contribution in [-0.4, -0.2) is 48.2 Å². The molecule has 0 radical (unpaired) electrons. The van der Waals surface area contributed by atoms with Gasteiger partial charge in [-0.1, -0.05) is 6.07 Å². The molecule has 1 aromatic rings. The Morgan fingerprint density at radius 1 is 1.29 bits per heavy atom. The first-order chi connectivity index (χ1) is 10.1. The Labute approximate surface area is 123 Å². The molecule has 1 heterocycles. The molecule has 0 aliphatic carbocycles. The molecule has 1 aliphatic rings. The summed E-state index contributed by atoms with van der Waals surface area (Å²) >= 11 is 0. The molecule has 0 spiro atoms. The Morgan fingerprint density at radius 2 is 2.10 bits per heavy atom. The number of carbonyl (C=O) groups excluding carboxylic acids is 1. The van der Waals surface area contributed by atoms with Crippen molar-refractivity contribution in [2.45, 2.75) is 13.3 Å². The number of amides is 1. The molecule has 0 saturated carbocycles. The maximum absolute atomic E-state index is 12.5. The van der Waals surface area contributed by atoms with Crippen LogP contribution in [0.1, 0.15) is 27.9 Å². The summed E-state index contributed by atoms with van der Waals surface area (Å²) in [4.78, 5) is 24.9. The molecule has 21 heavy (non-hydrogen) atoms. The Bertz CT molecular complexity index is 557. The lowest BCUT2D eigenvalue weighted by Gasteiger charge is -2.20. The number of hydrogen-bond acceptors (Lipinski definition) is 3. The van der Waals surface area contributed by atoms with Gasteiger partial charge in [0.05, 0.1) is 6.61 Å². The van der Waals surface area contributed by atoms with Crippen molar-refractivity contribution in [3.05, 3.63) is 41.0 Å². The zero-order valence-electron chi connectivity index (χ0n) is 12.0. The van der Waals surface area contributed by atoms with Crippen molar-refractivity contribution >= 4 is 18.0 Å². The molecule has 1 saturated heterocycles. The fraction of sp³-hybridized carbons (Fsp3) is 0.375. The molecular weight excluding hydrogens is 270 g/mol. The van der Waals surface area contributed by atoms with Crippen LogP contribution in [0.2, 0.25) is 0 Å². The summed E-state index contributed by atoms with van der Waals surface area (Å²) in [6.07, 6.45) is 3.43. The number of aryl methyl sites for hydroxylation is 1. The summed E-state index contributed by atoms with van der Waals surface area (Å²) in [5, 5.41) is 8.70. The van der Waals surface area contributed by atoms with Gasteiger partial charge in [-0.05, 0) is 42.7 Å². The van der Waals surface area contributed by atoms with Crippen LogP contribution in [0, 0.1) is 6.92 Å². The van der Waals surface area contributed by atoms with E-state index in [1.54, 1.807) is 17.0 Å². The molecule has 5 nitrogen and oxygen atoms in total. The van der Waals surface area contributed by atoms with E-state index in [0.29, 0.717) is 31.9 Å². The van der Waals surface area contributed by atoms with Crippen LogP contribution >= 0.6 is 0 Å². The van der Waals surface area contributed by atoms with E-state index >= 15 is 0 Å². The zero-order chi connectivity index (χ0) is 15.2. The van der Waals surface area contributed by atoms with Gasteiger partial charge in [-0.15, -0.1) is 0 Å². The van der Waals surface area contributed by atoms with E-state index in [-0.39, 0.29) is 5.91 Å². The third-order valence-electron chi connectivity index (χ3n) is 3.44. The van der Waals surface area contributed by atoms with Crippen LogP contribution in [0.4, 0.5) is 0 Å². The Kier molecular flexibility index (Phi) is 5.11. The van der Waals surface area contributed by atoms with E-state index in [4.69, 9.17) is 9.84 Å². The van der Waals surface area contributed by atoms with Gasteiger partial charge in [0.15, 0.2) is 0 Å². The number of rotatable bonds is 3. The second kappa shape index (κ2) is 7.04. The van der Waals surface area contributed by atoms with Crippen LogP contribution in [0.15, 0.2) is 24.3 Å². The first-order valence-electron chi connectivity index (χ1n) is 6.96. The lowest BCUT2D eigenvalue weighted by molar-refractivity contribution is -0.131. The van der Waals surface area contributed by atoms with Gasteiger partial charge < -0.3 is 14.7 Å². The van der Waals surface area contributed by atoms with Crippen molar-refractivity contribution in [1.82, 2.24) is 4.90 Å². The minimum Gasteiger partial charge on any atom is -0.478 e. The molecule has 1 aromatic carbocycles. The molecule has 1 aliphatic heterocycles. The largest absolute Gasteiger partial charge is 0.478 e. The normalized spacial score (nSPS) is 16.0. The highest BCUT2D eigenvalue weighted by Crippen LogP contribution is 2.15. The van der Waals surface area contributed by atoms with Crippen molar-refractivity contribution < 1.29 is 19.4 Å². The van der Waals surface area contributed by atoms with E-state index in [1.807, 2.05) is 13.0 Å². The molecule has 0 atom stereocenters. The lowest BCUT2D eigenvalue weighted by Crippen LogP contribution is -2.33. The highest BCUT2D eigenvalue weighted by molar-refractivity contribution is 5.95. The van der Waals surface area contributed by atoms with Gasteiger partial charge in [-0.3, -0.25) is 4.79 Å². The van der Waals surface area contributed by atoms with Gasteiger partial charge in [0.2, 0.25) is 0 Å². The van der Waals surface area contributed by atoms with Crippen LogP contribution < -0.4 is 0 Å². The number of aliphatic carboxylic acids is 1. The topological polar surface area (TPSA) is 66.8 Å². The van der Waals surface area contributed by atoms with Crippen molar-refractivity contribution in [3.8, 4) is 0 Å². The predicted molar refractivity (Wildman–Crippen MR) is 79.2 cm³/mol. The summed E-state index contributed by atoms with van der Waals surface area (Å²) in [7, 11) is 0. The van der Waals surface area contributed by atoms with Crippen LogP contribution in [-0.2, 0) is 9.53 Å². The van der Waals surface area contributed by atoms with Gasteiger partial charge >= 0.3 is 5.97 Å². The monoisotopic (exact) mass is 289 g/mol. The minimum absolute atomic E-state index is 0.0366. The zero-order valence-corrected chi connectivity index (χ0v) is 12.0. The predicted octanol–water partition coefficient (Wildman–Crippen LogP) is 1.96. The van der Waals surface area contributed by atoms with Gasteiger partial charge in [0.25, 0.3) is 5.91 Å². The third-order valence-corrected chi connectivity index (χ3v) is 3.44. The first kappa shape index (κ1) is 15.3. The molecule has 0 bridgehead atoms. The second-order valence-electron chi connectivity index (χ2n) is 5.00. The average Bonchev–Trinajstić information content (AvgIpc) is 2.74. The summed E-state index contributed by atoms with van der Waals surface area (Å²) in [5.41, 5.74) is 2.25. The minimum atomic E-state index is -1.00. The van der Waals surface area contributed by atoms with Crippen molar-refractivity contribution in [2.75, 3.05) is 26.3 Å². The van der Waals surface area contributed by atoms with Gasteiger partial charge in [-0.25, -0.2) is 4.79 Å². The van der Waals surface area contributed by atoms with Crippen LogP contribution in [0.25, 0.3) is 6.08 Å². The van der Waals surface area contributed by atoms with Crippen LogP contribution in [0.3, 0.4) is 0 Å². The number of carboxylic acids is 1. The molecule has 0 aromatic heterocycles.